The zero-order chi connectivity index (χ0) is 17.9. The van der Waals surface area contributed by atoms with Crippen LogP contribution in [-0.2, 0) is 4.79 Å². The number of hydrogen-bond donors (Lipinski definition) is 1. The summed E-state index contributed by atoms with van der Waals surface area (Å²) in [6.07, 6.45) is 8.61. The van der Waals surface area contributed by atoms with Crippen LogP contribution in [0.4, 0.5) is 0 Å². The summed E-state index contributed by atoms with van der Waals surface area (Å²) in [5.74, 6) is 0.518. The fourth-order valence-electron chi connectivity index (χ4n) is 3.62. The van der Waals surface area contributed by atoms with Crippen molar-refractivity contribution in [2.45, 2.75) is 49.8 Å². The molecule has 0 radical (unpaired) electrons. The summed E-state index contributed by atoms with van der Waals surface area (Å²) in [7, 11) is 0. The summed E-state index contributed by atoms with van der Waals surface area (Å²) in [5, 5.41) is 4.06. The lowest BCUT2D eigenvalue weighted by Crippen LogP contribution is -2.45. The number of hydrogen-bond acceptors (Lipinski definition) is 4. The Bertz CT molecular complexity index is 763. The van der Waals surface area contributed by atoms with E-state index in [9.17, 15) is 4.79 Å². The summed E-state index contributed by atoms with van der Waals surface area (Å²) in [6.45, 7) is 4.33. The van der Waals surface area contributed by atoms with Crippen molar-refractivity contribution in [1.29, 1.82) is 0 Å². The molecule has 2 aliphatic rings. The number of amides is 1. The third-order valence-electron chi connectivity index (χ3n) is 5.18. The van der Waals surface area contributed by atoms with Gasteiger partial charge in [-0.3, -0.25) is 9.36 Å². The van der Waals surface area contributed by atoms with Gasteiger partial charge in [0.15, 0.2) is 5.16 Å². The van der Waals surface area contributed by atoms with Gasteiger partial charge < -0.3 is 10.2 Å². The van der Waals surface area contributed by atoms with E-state index in [4.69, 9.17) is 0 Å². The van der Waals surface area contributed by atoms with E-state index in [2.05, 4.69) is 40.3 Å². The number of rotatable bonds is 6. The molecule has 5 nitrogen and oxygen atoms in total. The fraction of sp³-hybridized carbons (Fsp3) is 0.500. The van der Waals surface area contributed by atoms with E-state index in [-0.39, 0.29) is 5.91 Å². The van der Waals surface area contributed by atoms with E-state index in [0.29, 0.717) is 11.8 Å². The summed E-state index contributed by atoms with van der Waals surface area (Å²) < 4.78 is 2.04. The topological polar surface area (TPSA) is 50.2 Å². The largest absolute Gasteiger partial charge is 0.353 e. The highest BCUT2D eigenvalue weighted by Gasteiger charge is 2.32. The minimum absolute atomic E-state index is 0.110. The zero-order valence-corrected chi connectivity index (χ0v) is 16.0. The Morgan fingerprint density at radius 1 is 1.27 bits per heavy atom. The fourth-order valence-corrected chi connectivity index (χ4v) is 4.40. The molecule has 1 saturated heterocycles. The molecular weight excluding hydrogens is 344 g/mol. The number of benzene rings is 1. The Kier molecular flexibility index (Phi) is 5.31. The van der Waals surface area contributed by atoms with E-state index in [1.54, 1.807) is 6.20 Å². The molecule has 6 heteroatoms. The second-order valence-electron chi connectivity index (χ2n) is 7.32. The van der Waals surface area contributed by atoms with E-state index in [1.807, 2.05) is 16.8 Å². The van der Waals surface area contributed by atoms with Crippen molar-refractivity contribution in [1.82, 2.24) is 19.8 Å². The molecule has 2 fully saturated rings. The molecular formula is C20H26N4OS. The normalized spacial score (nSPS) is 18.8. The Balaban J connectivity index is 1.28. The second-order valence-corrected chi connectivity index (χ2v) is 8.26. The summed E-state index contributed by atoms with van der Waals surface area (Å²) in [4.78, 5) is 19.3. The summed E-state index contributed by atoms with van der Waals surface area (Å²) >= 11 is 1.50. The molecule has 1 amide bonds. The highest BCUT2D eigenvalue weighted by atomic mass is 32.2. The molecule has 2 heterocycles. The number of imidazole rings is 1. The molecule has 1 N–H and O–H groups in total. The summed E-state index contributed by atoms with van der Waals surface area (Å²) in [5.41, 5.74) is 2.29. The maximum Gasteiger partial charge on any atom is 0.230 e. The number of aromatic nitrogens is 2. The van der Waals surface area contributed by atoms with Gasteiger partial charge in [-0.25, -0.2) is 4.98 Å². The molecule has 26 heavy (non-hydrogen) atoms. The molecule has 0 spiro atoms. The van der Waals surface area contributed by atoms with E-state index in [0.717, 1.165) is 42.8 Å². The SMILES string of the molecule is Cc1cccc(-n2ccnc2SCC(=O)NC2CCN(C3CC3)CC2)c1. The van der Waals surface area contributed by atoms with Gasteiger partial charge in [-0.15, -0.1) is 0 Å². The van der Waals surface area contributed by atoms with Crippen molar-refractivity contribution in [3.8, 4) is 5.69 Å². The Morgan fingerprint density at radius 2 is 2.08 bits per heavy atom. The maximum atomic E-state index is 12.4. The molecule has 1 aromatic carbocycles. The molecule has 4 rings (SSSR count). The number of aryl methyl sites for hydroxylation is 1. The predicted octanol–water partition coefficient (Wildman–Crippen LogP) is 3.02. The van der Waals surface area contributed by atoms with Crippen LogP contribution in [0.15, 0.2) is 41.8 Å². The van der Waals surface area contributed by atoms with E-state index < -0.39 is 0 Å². The van der Waals surface area contributed by atoms with Gasteiger partial charge in [-0.05, 0) is 50.3 Å². The Labute approximate surface area is 159 Å². The molecule has 2 aromatic rings. The minimum Gasteiger partial charge on any atom is -0.353 e. The molecule has 138 valence electrons. The first-order valence-corrected chi connectivity index (χ1v) is 10.4. The van der Waals surface area contributed by atoms with Gasteiger partial charge in [0.05, 0.1) is 5.75 Å². The number of piperidine rings is 1. The third kappa shape index (κ3) is 4.30. The summed E-state index contributed by atoms with van der Waals surface area (Å²) in [6, 6.07) is 9.47. The quantitative estimate of drug-likeness (QED) is 0.794. The zero-order valence-electron chi connectivity index (χ0n) is 15.2. The van der Waals surface area contributed by atoms with Crippen molar-refractivity contribution in [3.63, 3.8) is 0 Å². The monoisotopic (exact) mass is 370 g/mol. The number of likely N-dealkylation sites (tertiary alicyclic amines) is 1. The van der Waals surface area contributed by atoms with Crippen LogP contribution in [0.25, 0.3) is 5.69 Å². The Hall–Kier alpha value is -1.79. The lowest BCUT2D eigenvalue weighted by atomic mass is 10.1. The highest BCUT2D eigenvalue weighted by molar-refractivity contribution is 7.99. The lowest BCUT2D eigenvalue weighted by Gasteiger charge is -2.32. The predicted molar refractivity (Wildman–Crippen MR) is 105 cm³/mol. The van der Waals surface area contributed by atoms with Gasteiger partial charge in [0.2, 0.25) is 5.91 Å². The molecule has 0 unspecified atom stereocenters. The standard InChI is InChI=1S/C20H26N4OS/c1-15-3-2-4-18(13-15)24-12-9-21-20(24)26-14-19(25)22-16-7-10-23(11-8-16)17-5-6-17/h2-4,9,12-13,16-17H,5-8,10-11,14H2,1H3,(H,22,25). The van der Waals surface area contributed by atoms with Crippen LogP contribution in [0.1, 0.15) is 31.2 Å². The third-order valence-corrected chi connectivity index (χ3v) is 6.14. The molecule has 1 saturated carbocycles. The smallest absolute Gasteiger partial charge is 0.230 e. The number of carbonyl (C=O) groups excluding carboxylic acids is 1. The van der Waals surface area contributed by atoms with Crippen LogP contribution >= 0.6 is 11.8 Å². The van der Waals surface area contributed by atoms with Crippen molar-refractivity contribution >= 4 is 17.7 Å². The lowest BCUT2D eigenvalue weighted by molar-refractivity contribution is -0.119. The van der Waals surface area contributed by atoms with Crippen molar-refractivity contribution in [3.05, 3.63) is 42.2 Å². The molecule has 1 aromatic heterocycles. The molecule has 0 bridgehead atoms. The van der Waals surface area contributed by atoms with E-state index in [1.165, 1.54) is 30.2 Å². The van der Waals surface area contributed by atoms with Gasteiger partial charge in [0.25, 0.3) is 0 Å². The van der Waals surface area contributed by atoms with Crippen LogP contribution < -0.4 is 5.32 Å². The van der Waals surface area contributed by atoms with Crippen molar-refractivity contribution in [2.24, 2.45) is 0 Å². The number of nitrogens with one attached hydrogen (secondary N) is 1. The highest BCUT2D eigenvalue weighted by Crippen LogP contribution is 2.29. The first-order chi connectivity index (χ1) is 12.7. The Morgan fingerprint density at radius 3 is 2.81 bits per heavy atom. The van der Waals surface area contributed by atoms with Gasteiger partial charge in [0, 0.05) is 43.3 Å². The molecule has 1 aliphatic carbocycles. The van der Waals surface area contributed by atoms with Gasteiger partial charge in [-0.1, -0.05) is 23.9 Å². The average molecular weight is 371 g/mol. The number of nitrogens with zero attached hydrogens (tertiary/aromatic N) is 3. The number of thioether (sulfide) groups is 1. The second kappa shape index (κ2) is 7.84. The molecule has 0 atom stereocenters. The van der Waals surface area contributed by atoms with Crippen LogP contribution in [0.5, 0.6) is 0 Å². The van der Waals surface area contributed by atoms with Crippen LogP contribution in [0, 0.1) is 6.92 Å². The average Bonchev–Trinajstić information content (AvgIpc) is 3.38. The first-order valence-electron chi connectivity index (χ1n) is 9.45. The van der Waals surface area contributed by atoms with Gasteiger partial charge in [-0.2, -0.15) is 0 Å². The van der Waals surface area contributed by atoms with Crippen LogP contribution in [0.3, 0.4) is 0 Å². The first kappa shape index (κ1) is 17.6. The van der Waals surface area contributed by atoms with E-state index >= 15 is 0 Å². The van der Waals surface area contributed by atoms with Gasteiger partial charge in [0.1, 0.15) is 0 Å². The minimum atomic E-state index is 0.110. The van der Waals surface area contributed by atoms with Crippen molar-refractivity contribution < 1.29 is 4.79 Å². The molecule has 1 aliphatic heterocycles. The van der Waals surface area contributed by atoms with Crippen LogP contribution in [0.2, 0.25) is 0 Å². The van der Waals surface area contributed by atoms with Gasteiger partial charge >= 0.3 is 0 Å². The van der Waals surface area contributed by atoms with Crippen LogP contribution in [-0.4, -0.2) is 51.3 Å². The maximum absolute atomic E-state index is 12.4. The van der Waals surface area contributed by atoms with Crippen molar-refractivity contribution in [2.75, 3.05) is 18.8 Å². The number of carbonyl (C=O) groups is 1.